The van der Waals surface area contributed by atoms with E-state index in [0.717, 1.165) is 0 Å². The van der Waals surface area contributed by atoms with Gasteiger partial charge in [0, 0.05) is 25.5 Å². The first-order valence-electron chi connectivity index (χ1n) is 4.77. The van der Waals surface area contributed by atoms with E-state index in [2.05, 4.69) is 0 Å². The van der Waals surface area contributed by atoms with Crippen molar-refractivity contribution in [1.82, 2.24) is 4.90 Å². The van der Waals surface area contributed by atoms with E-state index >= 15 is 0 Å². The van der Waals surface area contributed by atoms with Crippen molar-refractivity contribution in [2.24, 2.45) is 0 Å². The maximum atomic E-state index is 11.9. The van der Waals surface area contributed by atoms with Gasteiger partial charge in [-0.05, 0) is 0 Å². The number of methoxy groups -OCH3 is 1. The Balaban J connectivity index is 2.34. The van der Waals surface area contributed by atoms with Crippen molar-refractivity contribution in [3.05, 3.63) is 22.9 Å². The highest BCUT2D eigenvalue weighted by molar-refractivity contribution is 8.03. The first-order chi connectivity index (χ1) is 7.65. The number of fused-ring (bicyclic) bond motifs is 1. The van der Waals surface area contributed by atoms with Crippen LogP contribution < -0.4 is 0 Å². The summed E-state index contributed by atoms with van der Waals surface area (Å²) in [4.78, 5) is 24.2. The Bertz CT molecular complexity index is 402. The SMILES string of the molecule is COC1CSC2=C(C(=O)O)CC=CN2C1=O. The van der Waals surface area contributed by atoms with Gasteiger partial charge in [0.15, 0.2) is 0 Å². The van der Waals surface area contributed by atoms with E-state index in [1.54, 1.807) is 12.3 Å². The monoisotopic (exact) mass is 241 g/mol. The molecule has 0 radical (unpaired) electrons. The highest BCUT2D eigenvalue weighted by atomic mass is 32.2. The number of hydrogen-bond acceptors (Lipinski definition) is 4. The van der Waals surface area contributed by atoms with Crippen LogP contribution in [-0.2, 0) is 14.3 Å². The molecule has 1 fully saturated rings. The molecule has 0 saturated carbocycles. The summed E-state index contributed by atoms with van der Waals surface area (Å²) in [5.74, 6) is -0.710. The number of thioether (sulfide) groups is 1. The molecular formula is C10H11NO4S. The number of carbonyl (C=O) groups excluding carboxylic acids is 1. The molecule has 1 amide bonds. The lowest BCUT2D eigenvalue weighted by atomic mass is 10.1. The molecule has 1 saturated heterocycles. The van der Waals surface area contributed by atoms with E-state index in [-0.39, 0.29) is 11.5 Å². The summed E-state index contributed by atoms with van der Waals surface area (Å²) < 4.78 is 5.03. The second-order valence-corrected chi connectivity index (χ2v) is 4.43. The standard InChI is InChI=1S/C10H11NO4S/c1-15-7-5-16-9-6(10(13)14)3-2-4-11(9)8(7)12/h2,4,7H,3,5H2,1H3,(H,13,14). The number of ether oxygens (including phenoxy) is 1. The average Bonchev–Trinajstić information content (AvgIpc) is 2.29. The zero-order chi connectivity index (χ0) is 11.7. The third-order valence-electron chi connectivity index (χ3n) is 2.48. The maximum absolute atomic E-state index is 11.9. The average molecular weight is 241 g/mol. The Kier molecular flexibility index (Phi) is 3.02. The van der Waals surface area contributed by atoms with Crippen molar-refractivity contribution in [3.8, 4) is 0 Å². The Morgan fingerprint density at radius 1 is 1.69 bits per heavy atom. The van der Waals surface area contributed by atoms with E-state index in [1.807, 2.05) is 0 Å². The number of hydrogen-bond donors (Lipinski definition) is 1. The van der Waals surface area contributed by atoms with Gasteiger partial charge in [-0.3, -0.25) is 9.69 Å². The lowest BCUT2D eigenvalue weighted by molar-refractivity contribution is -0.136. The number of allylic oxidation sites excluding steroid dienone is 1. The van der Waals surface area contributed by atoms with Crippen LogP contribution in [0.15, 0.2) is 22.9 Å². The van der Waals surface area contributed by atoms with Crippen LogP contribution in [0.3, 0.4) is 0 Å². The van der Waals surface area contributed by atoms with Gasteiger partial charge in [-0.15, -0.1) is 11.8 Å². The molecule has 0 bridgehead atoms. The van der Waals surface area contributed by atoms with Crippen LogP contribution >= 0.6 is 11.8 Å². The minimum Gasteiger partial charge on any atom is -0.478 e. The Labute approximate surface area is 96.7 Å². The molecule has 5 nitrogen and oxygen atoms in total. The Hall–Kier alpha value is -1.27. The van der Waals surface area contributed by atoms with Crippen molar-refractivity contribution >= 4 is 23.6 Å². The van der Waals surface area contributed by atoms with E-state index in [1.165, 1.54) is 23.8 Å². The third kappa shape index (κ3) is 1.74. The van der Waals surface area contributed by atoms with Crippen molar-refractivity contribution in [3.63, 3.8) is 0 Å². The van der Waals surface area contributed by atoms with E-state index in [4.69, 9.17) is 9.84 Å². The van der Waals surface area contributed by atoms with Gasteiger partial charge in [0.25, 0.3) is 5.91 Å². The second kappa shape index (κ2) is 4.31. The molecule has 2 aliphatic heterocycles. The third-order valence-corrected chi connectivity index (χ3v) is 3.67. The normalized spacial score (nSPS) is 24.7. The molecule has 2 aliphatic rings. The van der Waals surface area contributed by atoms with Crippen molar-refractivity contribution in [2.45, 2.75) is 12.5 Å². The van der Waals surface area contributed by atoms with E-state index in [9.17, 15) is 9.59 Å². The maximum Gasteiger partial charge on any atom is 0.334 e. The van der Waals surface area contributed by atoms with Gasteiger partial charge in [0.1, 0.15) is 6.10 Å². The number of carboxylic acids is 1. The number of aliphatic carboxylic acids is 1. The van der Waals surface area contributed by atoms with Gasteiger partial charge in [0.2, 0.25) is 0 Å². The summed E-state index contributed by atoms with van der Waals surface area (Å²) in [7, 11) is 1.48. The first kappa shape index (κ1) is 11.2. The number of carbonyl (C=O) groups is 2. The summed E-state index contributed by atoms with van der Waals surface area (Å²) in [6.07, 6.45) is 3.15. The molecule has 1 atom stereocenters. The fourth-order valence-corrected chi connectivity index (χ4v) is 2.86. The molecule has 1 unspecified atom stereocenters. The van der Waals surface area contributed by atoms with Crippen LogP contribution in [0.2, 0.25) is 0 Å². The summed E-state index contributed by atoms with van der Waals surface area (Å²) in [5, 5.41) is 9.53. The molecule has 86 valence electrons. The highest BCUT2D eigenvalue weighted by Crippen LogP contribution is 2.35. The van der Waals surface area contributed by atoms with Crippen LogP contribution in [0.1, 0.15) is 6.42 Å². The van der Waals surface area contributed by atoms with Gasteiger partial charge in [-0.2, -0.15) is 0 Å². The number of rotatable bonds is 2. The molecule has 0 aromatic heterocycles. The molecule has 0 spiro atoms. The number of carboxylic acid groups (broad SMARTS) is 1. The molecule has 1 N–H and O–H groups in total. The second-order valence-electron chi connectivity index (χ2n) is 3.42. The van der Waals surface area contributed by atoms with Crippen molar-refractivity contribution in [2.75, 3.05) is 12.9 Å². The van der Waals surface area contributed by atoms with Crippen LogP contribution in [0.4, 0.5) is 0 Å². The van der Waals surface area contributed by atoms with Crippen LogP contribution in [0.25, 0.3) is 0 Å². The summed E-state index contributed by atoms with van der Waals surface area (Å²) >= 11 is 1.35. The van der Waals surface area contributed by atoms with Gasteiger partial charge in [-0.1, -0.05) is 6.08 Å². The minimum absolute atomic E-state index is 0.203. The molecule has 0 aliphatic carbocycles. The smallest absolute Gasteiger partial charge is 0.334 e. The van der Waals surface area contributed by atoms with Crippen molar-refractivity contribution in [1.29, 1.82) is 0 Å². The summed E-state index contributed by atoms with van der Waals surface area (Å²) in [6.45, 7) is 0. The van der Waals surface area contributed by atoms with Gasteiger partial charge < -0.3 is 9.84 Å². The van der Waals surface area contributed by atoms with Gasteiger partial charge >= 0.3 is 5.97 Å². The van der Waals surface area contributed by atoms with Crippen LogP contribution in [-0.4, -0.2) is 40.8 Å². The zero-order valence-corrected chi connectivity index (χ0v) is 9.49. The predicted octanol–water partition coefficient (Wildman–Crippen LogP) is 0.790. The minimum atomic E-state index is -0.972. The van der Waals surface area contributed by atoms with Gasteiger partial charge in [0.05, 0.1) is 10.6 Å². The number of amides is 1. The largest absolute Gasteiger partial charge is 0.478 e. The lowest BCUT2D eigenvalue weighted by Gasteiger charge is -2.33. The summed E-state index contributed by atoms with van der Waals surface area (Å²) in [5.41, 5.74) is 0.274. The lowest BCUT2D eigenvalue weighted by Crippen LogP contribution is -2.42. The molecule has 2 rings (SSSR count). The summed E-state index contributed by atoms with van der Waals surface area (Å²) in [6, 6.07) is 0. The Morgan fingerprint density at radius 2 is 2.44 bits per heavy atom. The molecule has 0 aromatic carbocycles. The van der Waals surface area contributed by atoms with Crippen LogP contribution in [0, 0.1) is 0 Å². The molecule has 6 heteroatoms. The fourth-order valence-electron chi connectivity index (χ4n) is 1.64. The quantitative estimate of drug-likeness (QED) is 0.774. The predicted molar refractivity (Wildman–Crippen MR) is 58.5 cm³/mol. The zero-order valence-electron chi connectivity index (χ0n) is 8.67. The highest BCUT2D eigenvalue weighted by Gasteiger charge is 2.35. The topological polar surface area (TPSA) is 66.8 Å². The molecule has 2 heterocycles. The van der Waals surface area contributed by atoms with E-state index in [0.29, 0.717) is 17.2 Å². The first-order valence-corrected chi connectivity index (χ1v) is 5.75. The molecule has 0 aromatic rings. The van der Waals surface area contributed by atoms with Crippen molar-refractivity contribution < 1.29 is 19.4 Å². The fraction of sp³-hybridized carbons (Fsp3) is 0.400. The number of nitrogens with zero attached hydrogens (tertiary/aromatic N) is 1. The van der Waals surface area contributed by atoms with Crippen LogP contribution in [0.5, 0.6) is 0 Å². The molecular weight excluding hydrogens is 230 g/mol. The van der Waals surface area contributed by atoms with E-state index < -0.39 is 12.1 Å². The van der Waals surface area contributed by atoms with Gasteiger partial charge in [-0.25, -0.2) is 4.79 Å². The Morgan fingerprint density at radius 3 is 3.06 bits per heavy atom. The molecule has 16 heavy (non-hydrogen) atoms.